The number of hydrogen-bond donors (Lipinski definition) is 2. The first-order valence-corrected chi connectivity index (χ1v) is 8.62. The van der Waals surface area contributed by atoms with Gasteiger partial charge in [-0.05, 0) is 24.3 Å². The van der Waals surface area contributed by atoms with Gasteiger partial charge in [-0.25, -0.2) is 13.4 Å². The molecule has 0 saturated heterocycles. The molecule has 0 bridgehead atoms. The fourth-order valence-electron chi connectivity index (χ4n) is 1.94. The second-order valence-corrected chi connectivity index (χ2v) is 6.46. The smallest absolute Gasteiger partial charge is 0.263 e. The highest BCUT2D eigenvalue weighted by molar-refractivity contribution is 7.92. The first kappa shape index (κ1) is 18.9. The van der Waals surface area contributed by atoms with Gasteiger partial charge in [-0.3, -0.25) is 9.52 Å². The Morgan fingerprint density at radius 2 is 1.88 bits per heavy atom. The number of carbonyl (C=O) groups excluding carboxylic acids is 1. The van der Waals surface area contributed by atoms with Crippen LogP contribution in [0.3, 0.4) is 0 Å². The van der Waals surface area contributed by atoms with Crippen LogP contribution in [0.1, 0.15) is 6.42 Å². The van der Waals surface area contributed by atoms with Crippen molar-refractivity contribution in [3.8, 4) is 17.7 Å². The Morgan fingerprint density at radius 3 is 2.46 bits per heavy atom. The summed E-state index contributed by atoms with van der Waals surface area (Å²) in [6, 6.07) is 7.13. The van der Waals surface area contributed by atoms with E-state index in [0.717, 1.165) is 6.33 Å². The molecule has 0 atom stereocenters. The van der Waals surface area contributed by atoms with E-state index in [1.165, 1.54) is 38.5 Å². The highest BCUT2D eigenvalue weighted by Gasteiger charge is 2.20. The lowest BCUT2D eigenvalue weighted by Gasteiger charge is -2.12. The highest BCUT2D eigenvalue weighted by Crippen LogP contribution is 2.32. The van der Waals surface area contributed by atoms with Crippen molar-refractivity contribution in [2.45, 2.75) is 11.3 Å². The van der Waals surface area contributed by atoms with E-state index in [0.29, 0.717) is 5.69 Å². The van der Waals surface area contributed by atoms with Gasteiger partial charge < -0.3 is 14.8 Å². The van der Waals surface area contributed by atoms with Crippen molar-refractivity contribution in [3.63, 3.8) is 0 Å². The van der Waals surface area contributed by atoms with Crippen LogP contribution in [0.4, 0.5) is 11.5 Å². The third kappa shape index (κ3) is 4.37. The van der Waals surface area contributed by atoms with Gasteiger partial charge >= 0.3 is 0 Å². The Hall–Kier alpha value is -3.39. The van der Waals surface area contributed by atoms with E-state index in [9.17, 15) is 13.2 Å². The topological polar surface area (TPSA) is 143 Å². The standard InChI is InChI=1S/C15H15N5O5S/c1-24-13-14(17-9-18-15(13)25-2)20-26(22,23)11-5-3-10(4-6-11)19-12(21)7-8-16/h3-6,9H,7H2,1-2H3,(H,19,21)(H,17,18,20). The van der Waals surface area contributed by atoms with Crippen molar-refractivity contribution >= 4 is 27.4 Å². The Balaban J connectivity index is 2.23. The molecule has 0 radical (unpaired) electrons. The molecule has 1 heterocycles. The molecule has 1 aromatic heterocycles. The van der Waals surface area contributed by atoms with Gasteiger partial charge in [0.2, 0.25) is 11.7 Å². The van der Waals surface area contributed by atoms with Crippen LogP contribution in [-0.2, 0) is 14.8 Å². The first-order valence-electron chi connectivity index (χ1n) is 7.14. The lowest BCUT2D eigenvalue weighted by molar-refractivity contribution is -0.115. The number of nitrogens with zero attached hydrogens (tertiary/aromatic N) is 3. The summed E-state index contributed by atoms with van der Waals surface area (Å²) >= 11 is 0. The Kier molecular flexibility index (Phi) is 5.92. The van der Waals surface area contributed by atoms with E-state index in [1.807, 2.05) is 0 Å². The number of hydrogen-bond acceptors (Lipinski definition) is 8. The van der Waals surface area contributed by atoms with Gasteiger partial charge in [0, 0.05) is 5.69 Å². The maximum absolute atomic E-state index is 12.5. The molecule has 11 heteroatoms. The number of carbonyl (C=O) groups is 1. The Bertz CT molecular complexity index is 938. The van der Waals surface area contributed by atoms with Gasteiger partial charge in [-0.2, -0.15) is 10.2 Å². The predicted molar refractivity (Wildman–Crippen MR) is 91.2 cm³/mol. The molecule has 10 nitrogen and oxygen atoms in total. The monoisotopic (exact) mass is 377 g/mol. The van der Waals surface area contributed by atoms with Crippen molar-refractivity contribution in [3.05, 3.63) is 30.6 Å². The minimum absolute atomic E-state index is 0.0407. The Labute approximate surface area is 149 Å². The van der Waals surface area contributed by atoms with E-state index >= 15 is 0 Å². The summed E-state index contributed by atoms with van der Waals surface area (Å²) in [5.41, 5.74) is 0.366. The van der Waals surface area contributed by atoms with E-state index in [2.05, 4.69) is 20.0 Å². The molecule has 136 valence electrons. The molecule has 0 spiro atoms. The molecule has 2 rings (SSSR count). The van der Waals surface area contributed by atoms with E-state index in [1.54, 1.807) is 6.07 Å². The van der Waals surface area contributed by atoms with Crippen molar-refractivity contribution in [2.24, 2.45) is 0 Å². The van der Waals surface area contributed by atoms with E-state index in [-0.39, 0.29) is 28.8 Å². The van der Waals surface area contributed by atoms with Crippen LogP contribution in [0, 0.1) is 11.3 Å². The van der Waals surface area contributed by atoms with Crippen LogP contribution >= 0.6 is 0 Å². The summed E-state index contributed by atoms with van der Waals surface area (Å²) in [5.74, 6) is -0.445. The molecule has 0 aliphatic rings. The van der Waals surface area contributed by atoms with Gasteiger partial charge in [0.1, 0.15) is 12.7 Å². The summed E-state index contributed by atoms with van der Waals surface area (Å²) in [7, 11) is -1.27. The lowest BCUT2D eigenvalue weighted by atomic mass is 10.3. The first-order chi connectivity index (χ1) is 12.4. The van der Waals surface area contributed by atoms with Gasteiger partial charge in [0.15, 0.2) is 5.82 Å². The third-order valence-corrected chi connectivity index (χ3v) is 4.44. The molecular weight excluding hydrogens is 362 g/mol. The minimum atomic E-state index is -3.97. The molecular formula is C15H15N5O5S. The minimum Gasteiger partial charge on any atom is -0.489 e. The number of rotatable bonds is 7. The van der Waals surface area contributed by atoms with Gasteiger partial charge in [0.05, 0.1) is 25.2 Å². The SMILES string of the molecule is COc1ncnc(NS(=O)(=O)c2ccc(NC(=O)CC#N)cc2)c1OC. The van der Waals surface area contributed by atoms with E-state index < -0.39 is 15.9 Å². The number of methoxy groups -OCH3 is 2. The quantitative estimate of drug-likeness (QED) is 0.731. The Morgan fingerprint density at radius 1 is 1.19 bits per heavy atom. The van der Waals surface area contributed by atoms with Gasteiger partial charge in [-0.1, -0.05) is 0 Å². The number of benzene rings is 1. The van der Waals surface area contributed by atoms with Crippen molar-refractivity contribution in [1.29, 1.82) is 5.26 Å². The highest BCUT2D eigenvalue weighted by atomic mass is 32.2. The molecule has 2 aromatic rings. The van der Waals surface area contributed by atoms with Crippen LogP contribution in [0.2, 0.25) is 0 Å². The number of sulfonamides is 1. The molecule has 1 aromatic carbocycles. The molecule has 2 N–H and O–H groups in total. The molecule has 0 unspecified atom stereocenters. The zero-order chi connectivity index (χ0) is 19.2. The summed E-state index contributed by atoms with van der Waals surface area (Å²) in [5, 5.41) is 10.9. The van der Waals surface area contributed by atoms with Crippen molar-refractivity contribution in [2.75, 3.05) is 24.3 Å². The summed E-state index contributed by atoms with van der Waals surface area (Å²) in [4.78, 5) is 19.0. The zero-order valence-corrected chi connectivity index (χ0v) is 14.7. The molecule has 0 fully saturated rings. The largest absolute Gasteiger partial charge is 0.489 e. The van der Waals surface area contributed by atoms with Crippen LogP contribution in [0.5, 0.6) is 11.6 Å². The van der Waals surface area contributed by atoms with Gasteiger partial charge in [0.25, 0.3) is 15.9 Å². The third-order valence-electron chi connectivity index (χ3n) is 3.09. The second-order valence-electron chi connectivity index (χ2n) is 4.78. The number of ether oxygens (including phenoxy) is 2. The van der Waals surface area contributed by atoms with Crippen molar-refractivity contribution in [1.82, 2.24) is 9.97 Å². The number of nitrogens with one attached hydrogen (secondary N) is 2. The summed E-state index contributed by atoms with van der Waals surface area (Å²) < 4.78 is 37.4. The molecule has 0 saturated carbocycles. The normalized spacial score (nSPS) is 10.5. The average Bonchev–Trinajstić information content (AvgIpc) is 2.61. The number of amides is 1. The fourth-order valence-corrected chi connectivity index (χ4v) is 2.95. The number of aromatic nitrogens is 2. The summed E-state index contributed by atoms with van der Waals surface area (Å²) in [6.07, 6.45) is 0.837. The average molecular weight is 377 g/mol. The maximum atomic E-state index is 12.5. The zero-order valence-electron chi connectivity index (χ0n) is 13.9. The van der Waals surface area contributed by atoms with Crippen LogP contribution in [-0.4, -0.2) is 38.5 Å². The predicted octanol–water partition coefficient (Wildman–Crippen LogP) is 1.15. The van der Waals surface area contributed by atoms with E-state index in [4.69, 9.17) is 14.7 Å². The van der Waals surface area contributed by atoms with Crippen LogP contribution < -0.4 is 19.5 Å². The maximum Gasteiger partial charge on any atom is 0.263 e. The number of anilines is 2. The summed E-state index contributed by atoms with van der Waals surface area (Å²) in [6.45, 7) is 0. The second kappa shape index (κ2) is 8.13. The lowest BCUT2D eigenvalue weighted by Crippen LogP contribution is -2.15. The molecule has 0 aliphatic heterocycles. The van der Waals surface area contributed by atoms with Crippen LogP contribution in [0.25, 0.3) is 0 Å². The molecule has 0 aliphatic carbocycles. The van der Waals surface area contributed by atoms with Gasteiger partial charge in [-0.15, -0.1) is 0 Å². The van der Waals surface area contributed by atoms with Crippen LogP contribution in [0.15, 0.2) is 35.5 Å². The fraction of sp³-hybridized carbons (Fsp3) is 0.200. The van der Waals surface area contributed by atoms with Crippen molar-refractivity contribution < 1.29 is 22.7 Å². The molecule has 26 heavy (non-hydrogen) atoms. The number of nitriles is 1. The molecule has 1 amide bonds.